The molecule has 104 valence electrons. The van der Waals surface area contributed by atoms with Gasteiger partial charge in [0.15, 0.2) is 0 Å². The molecule has 0 heterocycles. The van der Waals surface area contributed by atoms with Crippen molar-refractivity contribution in [1.82, 2.24) is 5.32 Å². The minimum atomic E-state index is -0.308. The van der Waals surface area contributed by atoms with Gasteiger partial charge in [0, 0.05) is 24.2 Å². The molecule has 0 aromatic heterocycles. The van der Waals surface area contributed by atoms with E-state index in [1.165, 1.54) is 19.3 Å². The Hall–Kier alpha value is -1.42. The number of nitrogens with one attached hydrogen (secondary N) is 1. The zero-order valence-electron chi connectivity index (χ0n) is 11.9. The maximum absolute atomic E-state index is 10.9. The first-order chi connectivity index (χ1) is 8.89. The number of nitro groups is 1. The summed E-state index contributed by atoms with van der Waals surface area (Å²) in [4.78, 5) is 10.6. The lowest BCUT2D eigenvalue weighted by Gasteiger charge is -2.18. The van der Waals surface area contributed by atoms with Crippen LogP contribution in [-0.2, 0) is 6.54 Å². The predicted octanol–water partition coefficient (Wildman–Crippen LogP) is 3.57. The van der Waals surface area contributed by atoms with E-state index in [1.54, 1.807) is 12.1 Å². The molecule has 0 spiro atoms. The molecule has 0 saturated heterocycles. The van der Waals surface area contributed by atoms with Gasteiger partial charge in [0.05, 0.1) is 4.92 Å². The standard InChI is InChI=1S/C15H22N2O2/c1-11-12(5-4-6-14(11)17(18)19)10-16-13-7-8-15(2,3)9-13/h4-6,13,16H,7-10H2,1-3H3. The lowest BCUT2D eigenvalue weighted by atomic mass is 9.92. The highest BCUT2D eigenvalue weighted by Crippen LogP contribution is 2.37. The van der Waals surface area contributed by atoms with Gasteiger partial charge in [0.1, 0.15) is 0 Å². The monoisotopic (exact) mass is 262 g/mol. The van der Waals surface area contributed by atoms with E-state index >= 15 is 0 Å². The van der Waals surface area contributed by atoms with Crippen LogP contribution in [0.5, 0.6) is 0 Å². The summed E-state index contributed by atoms with van der Waals surface area (Å²) in [5.74, 6) is 0. The summed E-state index contributed by atoms with van der Waals surface area (Å²) in [6.07, 6.45) is 3.63. The molecule has 1 aromatic rings. The van der Waals surface area contributed by atoms with Crippen molar-refractivity contribution in [2.45, 2.75) is 52.6 Å². The van der Waals surface area contributed by atoms with Crippen molar-refractivity contribution < 1.29 is 4.92 Å². The molecule has 0 amide bonds. The van der Waals surface area contributed by atoms with E-state index in [2.05, 4.69) is 19.2 Å². The fraction of sp³-hybridized carbons (Fsp3) is 0.600. The van der Waals surface area contributed by atoms with Crippen LogP contribution >= 0.6 is 0 Å². The van der Waals surface area contributed by atoms with E-state index in [1.807, 2.05) is 13.0 Å². The second-order valence-electron chi connectivity index (χ2n) is 6.30. The normalized spacial score (nSPS) is 21.5. The van der Waals surface area contributed by atoms with Crippen LogP contribution in [0.3, 0.4) is 0 Å². The Morgan fingerprint density at radius 3 is 2.79 bits per heavy atom. The summed E-state index contributed by atoms with van der Waals surface area (Å²) in [6, 6.07) is 5.84. The fourth-order valence-corrected chi connectivity index (χ4v) is 2.92. The molecule has 1 aliphatic rings. The Balaban J connectivity index is 2.01. The highest BCUT2D eigenvalue weighted by molar-refractivity contribution is 5.44. The second-order valence-corrected chi connectivity index (χ2v) is 6.30. The summed E-state index contributed by atoms with van der Waals surface area (Å²) in [6.45, 7) is 7.14. The minimum absolute atomic E-state index is 0.214. The number of nitrogens with zero attached hydrogens (tertiary/aromatic N) is 1. The molecule has 1 unspecified atom stereocenters. The molecule has 19 heavy (non-hydrogen) atoms. The molecule has 0 aliphatic heterocycles. The molecule has 1 aliphatic carbocycles. The third kappa shape index (κ3) is 3.32. The van der Waals surface area contributed by atoms with Crippen molar-refractivity contribution in [3.05, 3.63) is 39.4 Å². The van der Waals surface area contributed by atoms with Crippen LogP contribution in [-0.4, -0.2) is 11.0 Å². The van der Waals surface area contributed by atoms with Gasteiger partial charge in [-0.1, -0.05) is 26.0 Å². The van der Waals surface area contributed by atoms with Gasteiger partial charge in [0.2, 0.25) is 0 Å². The molecule has 1 N–H and O–H groups in total. The Morgan fingerprint density at radius 2 is 2.21 bits per heavy atom. The Labute approximate surface area is 114 Å². The Bertz CT molecular complexity index is 483. The lowest BCUT2D eigenvalue weighted by Crippen LogP contribution is -2.27. The highest BCUT2D eigenvalue weighted by Gasteiger charge is 2.30. The molecule has 4 heteroatoms. The van der Waals surface area contributed by atoms with E-state index in [0.717, 1.165) is 11.1 Å². The van der Waals surface area contributed by atoms with Crippen LogP contribution in [0, 0.1) is 22.5 Å². The van der Waals surface area contributed by atoms with Crippen molar-refractivity contribution in [3.63, 3.8) is 0 Å². The van der Waals surface area contributed by atoms with E-state index in [0.29, 0.717) is 18.0 Å². The van der Waals surface area contributed by atoms with Gasteiger partial charge in [-0.15, -0.1) is 0 Å². The summed E-state index contributed by atoms with van der Waals surface area (Å²) < 4.78 is 0. The summed E-state index contributed by atoms with van der Waals surface area (Å²) in [5.41, 5.74) is 2.44. The Morgan fingerprint density at radius 1 is 1.47 bits per heavy atom. The van der Waals surface area contributed by atoms with Crippen molar-refractivity contribution >= 4 is 5.69 Å². The van der Waals surface area contributed by atoms with E-state index < -0.39 is 0 Å². The first kappa shape index (κ1) is 14.0. The molecular weight excluding hydrogens is 240 g/mol. The molecule has 1 atom stereocenters. The van der Waals surface area contributed by atoms with Gasteiger partial charge in [0.25, 0.3) is 5.69 Å². The van der Waals surface area contributed by atoms with Gasteiger partial charge < -0.3 is 5.32 Å². The van der Waals surface area contributed by atoms with Crippen LogP contribution in [0.15, 0.2) is 18.2 Å². The maximum atomic E-state index is 10.9. The van der Waals surface area contributed by atoms with E-state index in [9.17, 15) is 10.1 Å². The number of nitro benzene ring substituents is 1. The minimum Gasteiger partial charge on any atom is -0.310 e. The summed E-state index contributed by atoms with van der Waals surface area (Å²) >= 11 is 0. The van der Waals surface area contributed by atoms with Crippen molar-refractivity contribution in [1.29, 1.82) is 0 Å². The number of hydrogen-bond donors (Lipinski definition) is 1. The SMILES string of the molecule is Cc1c(CNC2CCC(C)(C)C2)cccc1[N+](=O)[O-]. The van der Waals surface area contributed by atoms with Gasteiger partial charge >= 0.3 is 0 Å². The first-order valence-corrected chi connectivity index (χ1v) is 6.85. The number of rotatable bonds is 4. The van der Waals surface area contributed by atoms with Gasteiger partial charge in [-0.2, -0.15) is 0 Å². The fourth-order valence-electron chi connectivity index (χ4n) is 2.92. The summed E-state index contributed by atoms with van der Waals surface area (Å²) in [7, 11) is 0. The average molecular weight is 262 g/mol. The molecule has 0 radical (unpaired) electrons. The maximum Gasteiger partial charge on any atom is 0.272 e. The van der Waals surface area contributed by atoms with Gasteiger partial charge in [-0.3, -0.25) is 10.1 Å². The highest BCUT2D eigenvalue weighted by atomic mass is 16.6. The molecule has 4 nitrogen and oxygen atoms in total. The van der Waals surface area contributed by atoms with E-state index in [4.69, 9.17) is 0 Å². The van der Waals surface area contributed by atoms with Crippen molar-refractivity contribution in [2.24, 2.45) is 5.41 Å². The zero-order valence-corrected chi connectivity index (χ0v) is 11.9. The van der Waals surface area contributed by atoms with Crippen LogP contribution in [0.4, 0.5) is 5.69 Å². The van der Waals surface area contributed by atoms with Gasteiger partial charge in [-0.05, 0) is 37.2 Å². The quantitative estimate of drug-likeness (QED) is 0.666. The van der Waals surface area contributed by atoms with Crippen LogP contribution < -0.4 is 5.32 Å². The topological polar surface area (TPSA) is 55.2 Å². The molecule has 2 rings (SSSR count). The van der Waals surface area contributed by atoms with Crippen molar-refractivity contribution in [3.8, 4) is 0 Å². The molecular formula is C15H22N2O2. The third-order valence-electron chi connectivity index (χ3n) is 4.16. The number of benzene rings is 1. The molecule has 0 bridgehead atoms. The summed E-state index contributed by atoms with van der Waals surface area (Å²) in [5, 5.41) is 14.4. The largest absolute Gasteiger partial charge is 0.310 e. The average Bonchev–Trinajstić information content (AvgIpc) is 2.67. The zero-order chi connectivity index (χ0) is 14.0. The predicted molar refractivity (Wildman–Crippen MR) is 76.1 cm³/mol. The molecule has 1 saturated carbocycles. The van der Waals surface area contributed by atoms with Crippen LogP contribution in [0.2, 0.25) is 0 Å². The lowest BCUT2D eigenvalue weighted by molar-refractivity contribution is -0.385. The number of hydrogen-bond acceptors (Lipinski definition) is 3. The van der Waals surface area contributed by atoms with Crippen molar-refractivity contribution in [2.75, 3.05) is 0 Å². The third-order valence-corrected chi connectivity index (χ3v) is 4.16. The van der Waals surface area contributed by atoms with Crippen LogP contribution in [0.1, 0.15) is 44.2 Å². The van der Waals surface area contributed by atoms with Crippen LogP contribution in [0.25, 0.3) is 0 Å². The smallest absolute Gasteiger partial charge is 0.272 e. The second kappa shape index (κ2) is 5.29. The van der Waals surface area contributed by atoms with E-state index in [-0.39, 0.29) is 10.6 Å². The van der Waals surface area contributed by atoms with Gasteiger partial charge in [-0.25, -0.2) is 0 Å². The molecule has 1 aromatic carbocycles. The first-order valence-electron chi connectivity index (χ1n) is 6.85. The Kier molecular flexibility index (Phi) is 3.90. The molecule has 1 fully saturated rings.